The molecule has 0 aliphatic carbocycles. The standard InChI is InChI=1S/C14H29N3O/c1-13(9-6-7-11-16(2)3)14(18)15-10-8-12-17(4)5/h9H,6-8,10-12H2,1-5H3,(H,15,18). The van der Waals surface area contributed by atoms with Crippen molar-refractivity contribution in [1.82, 2.24) is 15.1 Å². The van der Waals surface area contributed by atoms with Gasteiger partial charge in [0.25, 0.3) is 0 Å². The number of nitrogens with zero attached hydrogens (tertiary/aromatic N) is 2. The molecule has 0 aliphatic heterocycles. The summed E-state index contributed by atoms with van der Waals surface area (Å²) in [6.07, 6.45) is 5.09. The molecule has 18 heavy (non-hydrogen) atoms. The van der Waals surface area contributed by atoms with Gasteiger partial charge in [-0.05, 0) is 67.5 Å². The van der Waals surface area contributed by atoms with E-state index in [1.165, 1.54) is 0 Å². The van der Waals surface area contributed by atoms with E-state index in [4.69, 9.17) is 0 Å². The maximum Gasteiger partial charge on any atom is 0.246 e. The third-order valence-electron chi connectivity index (χ3n) is 2.69. The van der Waals surface area contributed by atoms with Gasteiger partial charge in [0.05, 0.1) is 0 Å². The molecule has 4 nitrogen and oxygen atoms in total. The van der Waals surface area contributed by atoms with Crippen molar-refractivity contribution in [3.05, 3.63) is 11.6 Å². The van der Waals surface area contributed by atoms with Crippen LogP contribution in [0.5, 0.6) is 0 Å². The van der Waals surface area contributed by atoms with Crippen molar-refractivity contribution < 1.29 is 4.79 Å². The minimum absolute atomic E-state index is 0.0682. The van der Waals surface area contributed by atoms with Crippen LogP contribution in [0.2, 0.25) is 0 Å². The van der Waals surface area contributed by atoms with Crippen LogP contribution in [0.1, 0.15) is 26.2 Å². The van der Waals surface area contributed by atoms with Crippen LogP contribution in [-0.4, -0.2) is 63.5 Å². The van der Waals surface area contributed by atoms with Crippen molar-refractivity contribution in [1.29, 1.82) is 0 Å². The Morgan fingerprint density at radius 3 is 2.17 bits per heavy atom. The quantitative estimate of drug-likeness (QED) is 0.499. The lowest BCUT2D eigenvalue weighted by atomic mass is 10.2. The first kappa shape index (κ1) is 17.1. The van der Waals surface area contributed by atoms with E-state index in [9.17, 15) is 4.79 Å². The van der Waals surface area contributed by atoms with Crippen LogP contribution in [0.3, 0.4) is 0 Å². The summed E-state index contributed by atoms with van der Waals surface area (Å²) in [5.74, 6) is 0.0682. The largest absolute Gasteiger partial charge is 0.352 e. The molecule has 1 amide bonds. The summed E-state index contributed by atoms with van der Waals surface area (Å²) in [6, 6.07) is 0. The minimum Gasteiger partial charge on any atom is -0.352 e. The maximum absolute atomic E-state index is 11.7. The number of hydrogen-bond acceptors (Lipinski definition) is 3. The number of nitrogens with one attached hydrogen (secondary N) is 1. The van der Waals surface area contributed by atoms with E-state index < -0.39 is 0 Å². The first-order chi connectivity index (χ1) is 8.43. The van der Waals surface area contributed by atoms with Gasteiger partial charge in [0.2, 0.25) is 5.91 Å². The summed E-state index contributed by atoms with van der Waals surface area (Å²) in [5.41, 5.74) is 0.832. The molecule has 0 unspecified atom stereocenters. The SMILES string of the molecule is CC(=CCCCN(C)C)C(=O)NCCCN(C)C. The van der Waals surface area contributed by atoms with Gasteiger partial charge < -0.3 is 15.1 Å². The topological polar surface area (TPSA) is 35.6 Å². The second-order valence-electron chi connectivity index (χ2n) is 5.25. The van der Waals surface area contributed by atoms with E-state index in [2.05, 4.69) is 29.2 Å². The number of rotatable bonds is 9. The van der Waals surface area contributed by atoms with Crippen molar-refractivity contribution >= 4 is 5.91 Å². The molecule has 0 fully saturated rings. The van der Waals surface area contributed by atoms with E-state index >= 15 is 0 Å². The Kier molecular flexibility index (Phi) is 9.60. The van der Waals surface area contributed by atoms with Crippen molar-refractivity contribution in [2.24, 2.45) is 0 Å². The molecule has 0 saturated carbocycles. The third kappa shape index (κ3) is 10.3. The predicted molar refractivity (Wildman–Crippen MR) is 77.7 cm³/mol. The Morgan fingerprint density at radius 1 is 1.06 bits per heavy atom. The van der Waals surface area contributed by atoms with Gasteiger partial charge in [0, 0.05) is 12.1 Å². The molecule has 0 aromatic carbocycles. The average Bonchev–Trinajstić information content (AvgIpc) is 2.29. The smallest absolute Gasteiger partial charge is 0.246 e. The molecule has 4 heteroatoms. The minimum atomic E-state index is 0.0682. The molecule has 0 aliphatic rings. The molecular formula is C14H29N3O. The van der Waals surface area contributed by atoms with Crippen molar-refractivity contribution in [2.45, 2.75) is 26.2 Å². The molecule has 0 aromatic rings. The van der Waals surface area contributed by atoms with Crippen molar-refractivity contribution in [3.8, 4) is 0 Å². The monoisotopic (exact) mass is 255 g/mol. The van der Waals surface area contributed by atoms with E-state index in [0.717, 1.165) is 44.5 Å². The Hall–Kier alpha value is -0.870. The number of amides is 1. The number of allylic oxidation sites excluding steroid dienone is 1. The average molecular weight is 255 g/mol. The third-order valence-corrected chi connectivity index (χ3v) is 2.69. The highest BCUT2D eigenvalue weighted by Crippen LogP contribution is 1.99. The van der Waals surface area contributed by atoms with Crippen LogP contribution < -0.4 is 5.32 Å². The van der Waals surface area contributed by atoms with Crippen LogP contribution >= 0.6 is 0 Å². The van der Waals surface area contributed by atoms with Gasteiger partial charge in [0.15, 0.2) is 0 Å². The van der Waals surface area contributed by atoms with Gasteiger partial charge in [-0.25, -0.2) is 0 Å². The lowest BCUT2D eigenvalue weighted by Gasteiger charge is -2.10. The molecule has 0 rings (SSSR count). The molecule has 0 radical (unpaired) electrons. The first-order valence-electron chi connectivity index (χ1n) is 6.68. The van der Waals surface area contributed by atoms with E-state index in [0.29, 0.717) is 0 Å². The lowest BCUT2D eigenvalue weighted by molar-refractivity contribution is -0.117. The Labute approximate surface area is 112 Å². The fourth-order valence-electron chi connectivity index (χ4n) is 1.56. The molecule has 0 spiro atoms. The Balaban J connectivity index is 3.71. The molecule has 0 bridgehead atoms. The molecule has 0 saturated heterocycles. The molecule has 0 heterocycles. The van der Waals surface area contributed by atoms with Gasteiger partial charge in [-0.3, -0.25) is 4.79 Å². The summed E-state index contributed by atoms with van der Waals surface area (Å²) in [7, 11) is 8.21. The number of carbonyl (C=O) groups excluding carboxylic acids is 1. The highest BCUT2D eigenvalue weighted by molar-refractivity contribution is 5.92. The molecule has 0 aromatic heterocycles. The number of unbranched alkanes of at least 4 members (excludes halogenated alkanes) is 1. The fraction of sp³-hybridized carbons (Fsp3) is 0.786. The van der Waals surface area contributed by atoms with Gasteiger partial charge in [-0.2, -0.15) is 0 Å². The molecule has 106 valence electrons. The van der Waals surface area contributed by atoms with Crippen LogP contribution in [-0.2, 0) is 4.79 Å². The maximum atomic E-state index is 11.7. The lowest BCUT2D eigenvalue weighted by Crippen LogP contribution is -2.27. The summed E-state index contributed by atoms with van der Waals surface area (Å²) < 4.78 is 0. The first-order valence-corrected chi connectivity index (χ1v) is 6.68. The van der Waals surface area contributed by atoms with E-state index in [1.54, 1.807) is 0 Å². The zero-order chi connectivity index (χ0) is 14.0. The number of carbonyl (C=O) groups is 1. The zero-order valence-corrected chi connectivity index (χ0v) is 12.6. The number of hydrogen-bond donors (Lipinski definition) is 1. The molecular weight excluding hydrogens is 226 g/mol. The highest BCUT2D eigenvalue weighted by Gasteiger charge is 2.02. The van der Waals surface area contributed by atoms with E-state index in [-0.39, 0.29) is 5.91 Å². The second kappa shape index (κ2) is 10.1. The molecule has 1 N–H and O–H groups in total. The highest BCUT2D eigenvalue weighted by atomic mass is 16.1. The summed E-state index contributed by atoms with van der Waals surface area (Å²) in [6.45, 7) is 4.71. The van der Waals surface area contributed by atoms with E-state index in [1.807, 2.05) is 27.1 Å². The van der Waals surface area contributed by atoms with Gasteiger partial charge in [0.1, 0.15) is 0 Å². The summed E-state index contributed by atoms with van der Waals surface area (Å²) in [4.78, 5) is 16.0. The van der Waals surface area contributed by atoms with Gasteiger partial charge in [-0.1, -0.05) is 6.08 Å². The van der Waals surface area contributed by atoms with Crippen molar-refractivity contribution in [2.75, 3.05) is 47.8 Å². The fourth-order valence-corrected chi connectivity index (χ4v) is 1.56. The van der Waals surface area contributed by atoms with Crippen LogP contribution in [0.25, 0.3) is 0 Å². The van der Waals surface area contributed by atoms with Gasteiger partial charge >= 0.3 is 0 Å². The van der Waals surface area contributed by atoms with Gasteiger partial charge in [-0.15, -0.1) is 0 Å². The summed E-state index contributed by atoms with van der Waals surface area (Å²) in [5, 5.41) is 2.94. The Morgan fingerprint density at radius 2 is 1.61 bits per heavy atom. The molecule has 0 atom stereocenters. The van der Waals surface area contributed by atoms with Crippen LogP contribution in [0.15, 0.2) is 11.6 Å². The zero-order valence-electron chi connectivity index (χ0n) is 12.6. The predicted octanol–water partition coefficient (Wildman–Crippen LogP) is 1.34. The van der Waals surface area contributed by atoms with Crippen LogP contribution in [0, 0.1) is 0 Å². The summed E-state index contributed by atoms with van der Waals surface area (Å²) >= 11 is 0. The van der Waals surface area contributed by atoms with Crippen LogP contribution in [0.4, 0.5) is 0 Å². The second-order valence-corrected chi connectivity index (χ2v) is 5.25. The Bertz CT molecular complexity index is 260. The van der Waals surface area contributed by atoms with Crippen molar-refractivity contribution in [3.63, 3.8) is 0 Å². The normalized spacial score (nSPS) is 12.3.